The molecule has 0 unspecified atom stereocenters. The number of nitrogens with zero attached hydrogens (tertiary/aromatic N) is 1. The van der Waals surface area contributed by atoms with Gasteiger partial charge in [0.05, 0.1) is 18.7 Å². The number of halogens is 2. The Kier molecular flexibility index (Phi) is 7.59. The number of rotatable bonds is 6. The monoisotopic (exact) mass is 396 g/mol. The van der Waals surface area contributed by atoms with Crippen molar-refractivity contribution in [2.75, 3.05) is 26.8 Å². The van der Waals surface area contributed by atoms with E-state index >= 15 is 0 Å². The van der Waals surface area contributed by atoms with Gasteiger partial charge in [-0.25, -0.2) is 0 Å². The van der Waals surface area contributed by atoms with Crippen molar-refractivity contribution in [3.05, 3.63) is 58.6 Å². The van der Waals surface area contributed by atoms with Crippen molar-refractivity contribution < 1.29 is 9.47 Å². The Morgan fingerprint density at radius 2 is 1.92 bits per heavy atom. The van der Waals surface area contributed by atoms with Crippen LogP contribution in [0.2, 0.25) is 5.02 Å². The Balaban J connectivity index is 0.00000243. The summed E-state index contributed by atoms with van der Waals surface area (Å²) in [6, 6.07) is 14.6. The molecular weight excluding hydrogens is 371 g/mol. The molecule has 0 bridgehead atoms. The molecule has 0 spiro atoms. The lowest BCUT2D eigenvalue weighted by Crippen LogP contribution is -2.28. The molecule has 0 aromatic heterocycles. The van der Waals surface area contributed by atoms with Crippen LogP contribution in [0.4, 0.5) is 0 Å². The van der Waals surface area contributed by atoms with Gasteiger partial charge >= 0.3 is 0 Å². The van der Waals surface area contributed by atoms with E-state index in [9.17, 15) is 0 Å². The molecule has 2 N–H and O–H groups in total. The Hall–Kier alpha value is -1.46. The van der Waals surface area contributed by atoms with Crippen molar-refractivity contribution in [1.82, 2.24) is 4.90 Å². The quantitative estimate of drug-likeness (QED) is 0.798. The average molecular weight is 397 g/mol. The molecule has 1 fully saturated rings. The maximum absolute atomic E-state index is 6.39. The van der Waals surface area contributed by atoms with Crippen LogP contribution in [0.3, 0.4) is 0 Å². The first-order valence-electron chi connectivity index (χ1n) is 8.64. The second kappa shape index (κ2) is 9.47. The highest BCUT2D eigenvalue weighted by atomic mass is 35.5. The molecule has 0 radical (unpaired) electrons. The third-order valence-corrected chi connectivity index (χ3v) is 4.93. The molecule has 2 aromatic rings. The maximum Gasteiger partial charge on any atom is 0.179 e. The van der Waals surface area contributed by atoms with Gasteiger partial charge in [-0.3, -0.25) is 4.90 Å². The lowest BCUT2D eigenvalue weighted by atomic mass is 9.95. The van der Waals surface area contributed by atoms with Crippen LogP contribution in [0.15, 0.2) is 42.5 Å². The summed E-state index contributed by atoms with van der Waals surface area (Å²) in [4.78, 5) is 2.37. The zero-order valence-corrected chi connectivity index (χ0v) is 16.7. The van der Waals surface area contributed by atoms with Gasteiger partial charge in [-0.05, 0) is 30.2 Å². The topological polar surface area (TPSA) is 47.7 Å². The number of ether oxygens (including phenoxy) is 2. The van der Waals surface area contributed by atoms with Crippen molar-refractivity contribution in [2.45, 2.75) is 25.4 Å². The van der Waals surface area contributed by atoms with Gasteiger partial charge in [0.15, 0.2) is 11.5 Å². The van der Waals surface area contributed by atoms with Crippen molar-refractivity contribution >= 4 is 24.0 Å². The van der Waals surface area contributed by atoms with Gasteiger partial charge in [0, 0.05) is 31.6 Å². The number of hydrogen-bond donors (Lipinski definition) is 1. The number of likely N-dealkylation sites (tertiary alicyclic amines) is 1. The van der Waals surface area contributed by atoms with Crippen LogP contribution in [-0.2, 0) is 6.54 Å². The van der Waals surface area contributed by atoms with Crippen LogP contribution >= 0.6 is 24.0 Å². The van der Waals surface area contributed by atoms with E-state index in [-0.39, 0.29) is 18.4 Å². The normalized spacial score (nSPS) is 19.8. The van der Waals surface area contributed by atoms with E-state index in [4.69, 9.17) is 26.8 Å². The third kappa shape index (κ3) is 4.63. The molecule has 1 aliphatic heterocycles. The van der Waals surface area contributed by atoms with E-state index in [0.717, 1.165) is 25.2 Å². The fourth-order valence-electron chi connectivity index (χ4n) is 3.50. The highest BCUT2D eigenvalue weighted by Crippen LogP contribution is 2.37. The molecule has 0 aliphatic carbocycles. The molecule has 0 amide bonds. The van der Waals surface area contributed by atoms with E-state index in [2.05, 4.69) is 29.2 Å². The van der Waals surface area contributed by atoms with Crippen LogP contribution in [0, 0.1) is 0 Å². The summed E-state index contributed by atoms with van der Waals surface area (Å²) >= 11 is 6.38. The zero-order valence-electron chi connectivity index (χ0n) is 15.2. The van der Waals surface area contributed by atoms with Gasteiger partial charge in [-0.15, -0.1) is 12.4 Å². The first kappa shape index (κ1) is 20.8. The molecule has 0 saturated carbocycles. The van der Waals surface area contributed by atoms with Crippen molar-refractivity contribution in [3.63, 3.8) is 0 Å². The molecule has 3 rings (SSSR count). The Labute approximate surface area is 166 Å². The van der Waals surface area contributed by atoms with Crippen LogP contribution in [0.5, 0.6) is 11.5 Å². The molecule has 26 heavy (non-hydrogen) atoms. The highest BCUT2D eigenvalue weighted by molar-refractivity contribution is 6.32. The van der Waals surface area contributed by atoms with Gasteiger partial charge in [0.2, 0.25) is 0 Å². The second-order valence-electron chi connectivity index (χ2n) is 6.42. The van der Waals surface area contributed by atoms with Gasteiger partial charge in [0.25, 0.3) is 0 Å². The Morgan fingerprint density at radius 3 is 2.58 bits per heavy atom. The minimum absolute atomic E-state index is 0. The smallest absolute Gasteiger partial charge is 0.179 e. The lowest BCUT2D eigenvalue weighted by molar-refractivity contribution is 0.306. The van der Waals surface area contributed by atoms with E-state index in [0.29, 0.717) is 29.0 Å². The summed E-state index contributed by atoms with van der Waals surface area (Å²) in [7, 11) is 1.63. The summed E-state index contributed by atoms with van der Waals surface area (Å²) in [6.45, 7) is 5.08. The van der Waals surface area contributed by atoms with E-state index in [1.807, 2.05) is 25.1 Å². The summed E-state index contributed by atoms with van der Waals surface area (Å²) in [5.41, 5.74) is 8.80. The number of nitrogens with two attached hydrogens (primary N) is 1. The maximum atomic E-state index is 6.39. The summed E-state index contributed by atoms with van der Waals surface area (Å²) in [6.07, 6.45) is 0. The molecule has 2 atom stereocenters. The number of hydrogen-bond acceptors (Lipinski definition) is 4. The minimum Gasteiger partial charge on any atom is -0.493 e. The standard InChI is InChI=1S/C20H25ClN2O2.ClH/c1-3-25-20-17(21)9-14(10-19(20)24-2)11-23-12-16(18(22)13-23)15-7-5-4-6-8-15;/h4-10,16,18H,3,11-13,22H2,1-2H3;1H/t16-,18+;/m0./s1. The first-order chi connectivity index (χ1) is 12.1. The first-order valence-corrected chi connectivity index (χ1v) is 9.02. The third-order valence-electron chi connectivity index (χ3n) is 4.65. The number of methoxy groups -OCH3 is 1. The number of benzene rings is 2. The van der Waals surface area contributed by atoms with Crippen molar-refractivity contribution in [2.24, 2.45) is 5.73 Å². The minimum atomic E-state index is 0. The predicted molar refractivity (Wildman–Crippen MR) is 109 cm³/mol. The predicted octanol–water partition coefficient (Wildman–Crippen LogP) is 4.10. The largest absolute Gasteiger partial charge is 0.493 e. The van der Waals surface area contributed by atoms with E-state index in [1.165, 1.54) is 5.56 Å². The molecule has 1 heterocycles. The fourth-order valence-corrected chi connectivity index (χ4v) is 3.79. The fraction of sp³-hybridized carbons (Fsp3) is 0.400. The van der Waals surface area contributed by atoms with Gasteiger partial charge in [-0.1, -0.05) is 41.9 Å². The van der Waals surface area contributed by atoms with Gasteiger partial charge < -0.3 is 15.2 Å². The summed E-state index contributed by atoms with van der Waals surface area (Å²) in [5, 5.41) is 0.583. The second-order valence-corrected chi connectivity index (χ2v) is 6.82. The molecule has 1 saturated heterocycles. The molecule has 6 heteroatoms. The SMILES string of the molecule is CCOc1c(Cl)cc(CN2C[C@@H](N)[C@H](c3ccccc3)C2)cc1OC.Cl. The summed E-state index contributed by atoms with van der Waals surface area (Å²) < 4.78 is 11.0. The van der Waals surface area contributed by atoms with Gasteiger partial charge in [0.1, 0.15) is 0 Å². The Bertz CT molecular complexity index is 712. The van der Waals surface area contributed by atoms with Crippen LogP contribution < -0.4 is 15.2 Å². The van der Waals surface area contributed by atoms with Crippen LogP contribution in [-0.4, -0.2) is 37.7 Å². The Morgan fingerprint density at radius 1 is 1.19 bits per heavy atom. The molecule has 1 aliphatic rings. The average Bonchev–Trinajstić information content (AvgIpc) is 2.98. The summed E-state index contributed by atoms with van der Waals surface area (Å²) in [5.74, 6) is 1.64. The van der Waals surface area contributed by atoms with Crippen LogP contribution in [0.25, 0.3) is 0 Å². The van der Waals surface area contributed by atoms with Crippen LogP contribution in [0.1, 0.15) is 24.0 Å². The zero-order chi connectivity index (χ0) is 17.8. The van der Waals surface area contributed by atoms with Crippen molar-refractivity contribution in [3.8, 4) is 11.5 Å². The van der Waals surface area contributed by atoms with Crippen molar-refractivity contribution in [1.29, 1.82) is 0 Å². The molecular formula is C20H26Cl2N2O2. The highest BCUT2D eigenvalue weighted by Gasteiger charge is 2.31. The van der Waals surface area contributed by atoms with E-state index < -0.39 is 0 Å². The lowest BCUT2D eigenvalue weighted by Gasteiger charge is -2.18. The molecule has 142 valence electrons. The van der Waals surface area contributed by atoms with E-state index in [1.54, 1.807) is 7.11 Å². The van der Waals surface area contributed by atoms with Gasteiger partial charge in [-0.2, -0.15) is 0 Å². The molecule has 2 aromatic carbocycles. The molecule has 4 nitrogen and oxygen atoms in total.